The number of phenols is 1. The molecule has 0 amide bonds. The second-order valence-electron chi connectivity index (χ2n) is 2.92. The fourth-order valence-corrected chi connectivity index (χ4v) is 1.03. The van der Waals surface area contributed by atoms with Crippen LogP contribution in [0.25, 0.3) is 0 Å². The fraction of sp³-hybridized carbons (Fsp3) is 0. The Morgan fingerprint density at radius 3 is 2.59 bits per heavy atom. The van der Waals surface area contributed by atoms with E-state index in [1.807, 2.05) is 0 Å². The lowest BCUT2D eigenvalue weighted by molar-refractivity contribution is -0.384. The van der Waals surface area contributed by atoms with Gasteiger partial charge in [-0.2, -0.15) is 10.5 Å². The third kappa shape index (κ3) is 3.22. The highest BCUT2D eigenvalue weighted by Gasteiger charge is 2.08. The standard InChI is InChI=1S/C10H6N4O3/c11-4-7(5-12)6-13-8-1-9(14(16)17)3-10(15)2-8/h1-3,6,13,15H. The molecule has 84 valence electrons. The van der Waals surface area contributed by atoms with E-state index < -0.39 is 4.92 Å². The smallest absolute Gasteiger partial charge is 0.275 e. The summed E-state index contributed by atoms with van der Waals surface area (Å²) in [7, 11) is 0. The van der Waals surface area contributed by atoms with E-state index in [4.69, 9.17) is 10.5 Å². The van der Waals surface area contributed by atoms with Gasteiger partial charge in [-0.1, -0.05) is 0 Å². The highest BCUT2D eigenvalue weighted by molar-refractivity contribution is 5.58. The Bertz CT molecular complexity index is 550. The Labute approximate surface area is 96.0 Å². The van der Waals surface area contributed by atoms with Crippen LogP contribution < -0.4 is 5.32 Å². The maximum Gasteiger partial charge on any atom is 0.275 e. The maximum absolute atomic E-state index is 10.5. The highest BCUT2D eigenvalue weighted by atomic mass is 16.6. The Kier molecular flexibility index (Phi) is 3.63. The van der Waals surface area contributed by atoms with Gasteiger partial charge in [-0.3, -0.25) is 10.1 Å². The number of rotatable bonds is 3. The zero-order chi connectivity index (χ0) is 12.8. The predicted octanol–water partition coefficient (Wildman–Crippen LogP) is 1.64. The van der Waals surface area contributed by atoms with Crippen LogP contribution in [0.15, 0.2) is 30.0 Å². The Morgan fingerprint density at radius 1 is 1.41 bits per heavy atom. The minimum absolute atomic E-state index is 0.184. The van der Waals surface area contributed by atoms with E-state index in [9.17, 15) is 15.2 Å². The molecule has 7 heteroatoms. The molecule has 1 aromatic carbocycles. The molecule has 0 saturated carbocycles. The first-order valence-electron chi connectivity index (χ1n) is 4.32. The molecule has 0 aliphatic carbocycles. The number of nitrogens with one attached hydrogen (secondary N) is 1. The normalized spacial score (nSPS) is 8.59. The number of aromatic hydroxyl groups is 1. The molecule has 0 bridgehead atoms. The van der Waals surface area contributed by atoms with Crippen molar-refractivity contribution in [2.45, 2.75) is 0 Å². The summed E-state index contributed by atoms with van der Waals surface area (Å²) in [6.45, 7) is 0. The molecule has 1 aromatic rings. The topological polar surface area (TPSA) is 123 Å². The van der Waals surface area contributed by atoms with E-state index in [0.29, 0.717) is 0 Å². The molecule has 7 nitrogen and oxygen atoms in total. The molecule has 17 heavy (non-hydrogen) atoms. The average Bonchev–Trinajstić information content (AvgIpc) is 2.29. The summed E-state index contributed by atoms with van der Waals surface area (Å²) >= 11 is 0. The number of phenolic OH excluding ortho intramolecular Hbond substituents is 1. The van der Waals surface area contributed by atoms with Gasteiger partial charge in [0, 0.05) is 24.0 Å². The van der Waals surface area contributed by atoms with Crippen LogP contribution in [0.1, 0.15) is 0 Å². The Hall–Kier alpha value is -3.06. The molecule has 0 aliphatic rings. The summed E-state index contributed by atoms with van der Waals surface area (Å²) in [5.74, 6) is -0.287. The van der Waals surface area contributed by atoms with Crippen molar-refractivity contribution in [2.24, 2.45) is 0 Å². The summed E-state index contributed by atoms with van der Waals surface area (Å²) in [6, 6.07) is 6.62. The van der Waals surface area contributed by atoms with Crippen LogP contribution in [0.2, 0.25) is 0 Å². The molecule has 0 heterocycles. The number of nitrogens with zero attached hydrogens (tertiary/aromatic N) is 3. The number of nitriles is 2. The van der Waals surface area contributed by atoms with Gasteiger partial charge in [0.05, 0.1) is 11.0 Å². The first kappa shape index (κ1) is 12.0. The van der Waals surface area contributed by atoms with E-state index in [1.165, 1.54) is 12.1 Å². The van der Waals surface area contributed by atoms with Gasteiger partial charge in [0.1, 0.15) is 23.5 Å². The van der Waals surface area contributed by atoms with Gasteiger partial charge in [-0.25, -0.2) is 0 Å². The van der Waals surface area contributed by atoms with E-state index in [0.717, 1.165) is 12.3 Å². The maximum atomic E-state index is 10.5. The quantitative estimate of drug-likeness (QED) is 0.462. The van der Waals surface area contributed by atoms with Crippen molar-refractivity contribution >= 4 is 11.4 Å². The van der Waals surface area contributed by atoms with Crippen molar-refractivity contribution in [1.82, 2.24) is 0 Å². The fourth-order valence-electron chi connectivity index (χ4n) is 1.03. The minimum Gasteiger partial charge on any atom is -0.508 e. The number of allylic oxidation sites excluding steroid dienone is 1. The van der Waals surface area contributed by atoms with Crippen LogP contribution in [0.3, 0.4) is 0 Å². The predicted molar refractivity (Wildman–Crippen MR) is 57.7 cm³/mol. The molecular weight excluding hydrogens is 224 g/mol. The number of nitro benzene ring substituents is 1. The van der Waals surface area contributed by atoms with Crippen LogP contribution in [0, 0.1) is 32.8 Å². The minimum atomic E-state index is -0.663. The van der Waals surface area contributed by atoms with Crippen molar-refractivity contribution in [3.05, 3.63) is 40.1 Å². The number of benzene rings is 1. The Morgan fingerprint density at radius 2 is 2.06 bits per heavy atom. The summed E-state index contributed by atoms with van der Waals surface area (Å²) in [5.41, 5.74) is -0.271. The van der Waals surface area contributed by atoms with Gasteiger partial charge in [0.25, 0.3) is 5.69 Å². The molecule has 0 aromatic heterocycles. The van der Waals surface area contributed by atoms with E-state index >= 15 is 0 Å². The van der Waals surface area contributed by atoms with Gasteiger partial charge in [0.2, 0.25) is 0 Å². The molecular formula is C10H6N4O3. The average molecular weight is 230 g/mol. The lowest BCUT2D eigenvalue weighted by Crippen LogP contribution is -1.93. The number of anilines is 1. The van der Waals surface area contributed by atoms with Crippen molar-refractivity contribution in [2.75, 3.05) is 5.32 Å². The molecule has 0 unspecified atom stereocenters. The number of non-ortho nitro benzene ring substituents is 1. The van der Waals surface area contributed by atoms with Gasteiger partial charge >= 0.3 is 0 Å². The van der Waals surface area contributed by atoms with Gasteiger partial charge in [0.15, 0.2) is 0 Å². The Balaban J connectivity index is 3.02. The van der Waals surface area contributed by atoms with Crippen LogP contribution in [-0.2, 0) is 0 Å². The van der Waals surface area contributed by atoms with E-state index in [1.54, 1.807) is 12.1 Å². The summed E-state index contributed by atoms with van der Waals surface area (Å²) in [5, 5.41) is 39.2. The third-order valence-corrected chi connectivity index (χ3v) is 1.74. The first-order chi connectivity index (χ1) is 8.06. The van der Waals surface area contributed by atoms with Gasteiger partial charge in [-0.15, -0.1) is 0 Å². The van der Waals surface area contributed by atoms with E-state index in [-0.39, 0.29) is 22.7 Å². The monoisotopic (exact) mass is 230 g/mol. The van der Waals surface area contributed by atoms with Crippen LogP contribution in [0.5, 0.6) is 5.75 Å². The number of hydrogen-bond donors (Lipinski definition) is 2. The molecule has 0 atom stereocenters. The van der Waals surface area contributed by atoms with Gasteiger partial charge < -0.3 is 10.4 Å². The molecule has 0 saturated heterocycles. The molecule has 1 rings (SSSR count). The SMILES string of the molecule is N#CC(C#N)=CNc1cc(O)cc([N+](=O)[O-])c1. The van der Waals surface area contributed by atoms with Crippen molar-refractivity contribution in [1.29, 1.82) is 10.5 Å². The third-order valence-electron chi connectivity index (χ3n) is 1.74. The second kappa shape index (κ2) is 5.14. The highest BCUT2D eigenvalue weighted by Crippen LogP contribution is 2.24. The van der Waals surface area contributed by atoms with Crippen LogP contribution in [0.4, 0.5) is 11.4 Å². The number of hydrogen-bond acceptors (Lipinski definition) is 6. The molecule has 0 spiro atoms. The van der Waals surface area contributed by atoms with Gasteiger partial charge in [-0.05, 0) is 0 Å². The molecule has 2 N–H and O–H groups in total. The zero-order valence-electron chi connectivity index (χ0n) is 8.41. The largest absolute Gasteiger partial charge is 0.508 e. The summed E-state index contributed by atoms with van der Waals surface area (Å²) in [6.07, 6.45) is 1.10. The first-order valence-corrected chi connectivity index (χ1v) is 4.32. The van der Waals surface area contributed by atoms with Crippen molar-refractivity contribution in [3.8, 4) is 17.9 Å². The lowest BCUT2D eigenvalue weighted by Gasteiger charge is -2.01. The van der Waals surface area contributed by atoms with Crippen LogP contribution in [-0.4, -0.2) is 10.0 Å². The van der Waals surface area contributed by atoms with Crippen LogP contribution >= 0.6 is 0 Å². The van der Waals surface area contributed by atoms with Crippen molar-refractivity contribution in [3.63, 3.8) is 0 Å². The van der Waals surface area contributed by atoms with E-state index in [2.05, 4.69) is 5.32 Å². The molecule has 0 fully saturated rings. The molecule has 0 radical (unpaired) electrons. The second-order valence-corrected chi connectivity index (χ2v) is 2.92. The summed E-state index contributed by atoms with van der Waals surface area (Å²) < 4.78 is 0. The zero-order valence-corrected chi connectivity index (χ0v) is 8.41. The van der Waals surface area contributed by atoms with Crippen molar-refractivity contribution < 1.29 is 10.0 Å². The summed E-state index contributed by atoms with van der Waals surface area (Å²) in [4.78, 5) is 9.84. The molecule has 0 aliphatic heterocycles. The lowest BCUT2D eigenvalue weighted by atomic mass is 10.2. The number of nitro groups is 1.